The maximum absolute atomic E-state index is 12.4. The molecule has 2 amide bonds. The van der Waals surface area contributed by atoms with Crippen LogP contribution in [0.25, 0.3) is 10.8 Å². The predicted octanol–water partition coefficient (Wildman–Crippen LogP) is 1.41. The summed E-state index contributed by atoms with van der Waals surface area (Å²) in [5.41, 5.74) is 1.15. The minimum atomic E-state index is -0.312. The van der Waals surface area contributed by atoms with Gasteiger partial charge in [-0.1, -0.05) is 30.3 Å². The second-order valence-corrected chi connectivity index (χ2v) is 6.37. The maximum Gasteiger partial charge on any atom is 0.275 e. The number of hydrogen-bond acceptors (Lipinski definition) is 4. The molecule has 2 aromatic carbocycles. The van der Waals surface area contributed by atoms with E-state index in [-0.39, 0.29) is 23.9 Å². The van der Waals surface area contributed by atoms with Crippen LogP contribution < -0.4 is 10.9 Å². The molecule has 0 aliphatic carbocycles. The van der Waals surface area contributed by atoms with E-state index in [1.54, 1.807) is 62.8 Å². The number of nitrogens with zero attached hydrogens (tertiary/aromatic N) is 3. The molecular formula is C20H20N4O3. The Balaban J connectivity index is 1.63. The lowest BCUT2D eigenvalue weighted by Gasteiger charge is -2.11. The molecule has 0 aliphatic rings. The summed E-state index contributed by atoms with van der Waals surface area (Å²) >= 11 is 0. The third kappa shape index (κ3) is 4.20. The van der Waals surface area contributed by atoms with Gasteiger partial charge in [0.1, 0.15) is 6.54 Å². The highest BCUT2D eigenvalue weighted by atomic mass is 16.2. The van der Waals surface area contributed by atoms with E-state index in [1.165, 1.54) is 4.90 Å². The highest BCUT2D eigenvalue weighted by Gasteiger charge is 2.10. The number of amides is 2. The summed E-state index contributed by atoms with van der Waals surface area (Å²) in [5, 5.41) is 8.08. The normalized spacial score (nSPS) is 10.6. The Labute approximate surface area is 156 Å². The Morgan fingerprint density at radius 2 is 1.78 bits per heavy atom. The van der Waals surface area contributed by atoms with Crippen molar-refractivity contribution in [2.45, 2.75) is 13.1 Å². The molecule has 0 unspecified atom stereocenters. The molecule has 0 saturated carbocycles. The number of nitrogens with one attached hydrogen (secondary N) is 1. The van der Waals surface area contributed by atoms with Crippen molar-refractivity contribution in [1.82, 2.24) is 20.0 Å². The smallest absolute Gasteiger partial charge is 0.275 e. The summed E-state index contributed by atoms with van der Waals surface area (Å²) in [6, 6.07) is 14.1. The molecule has 3 aromatic rings. The zero-order valence-corrected chi connectivity index (χ0v) is 15.2. The van der Waals surface area contributed by atoms with Gasteiger partial charge in [-0.15, -0.1) is 0 Å². The Kier molecular flexibility index (Phi) is 5.30. The quantitative estimate of drug-likeness (QED) is 0.742. The molecule has 1 aromatic heterocycles. The molecule has 27 heavy (non-hydrogen) atoms. The first-order chi connectivity index (χ1) is 13.0. The summed E-state index contributed by atoms with van der Waals surface area (Å²) in [4.78, 5) is 37.9. The van der Waals surface area contributed by atoms with Crippen LogP contribution in [-0.4, -0.2) is 40.6 Å². The number of fused-ring (bicyclic) bond motifs is 1. The Morgan fingerprint density at radius 1 is 1.07 bits per heavy atom. The number of hydrogen-bond donors (Lipinski definition) is 1. The van der Waals surface area contributed by atoms with Gasteiger partial charge < -0.3 is 10.2 Å². The lowest BCUT2D eigenvalue weighted by Crippen LogP contribution is -2.33. The van der Waals surface area contributed by atoms with Crippen LogP contribution in [0.1, 0.15) is 15.9 Å². The van der Waals surface area contributed by atoms with Crippen LogP contribution in [-0.2, 0) is 17.9 Å². The molecule has 7 nitrogen and oxygen atoms in total. The van der Waals surface area contributed by atoms with Crippen molar-refractivity contribution in [2.24, 2.45) is 0 Å². The molecule has 0 bridgehead atoms. The van der Waals surface area contributed by atoms with Crippen molar-refractivity contribution in [3.05, 3.63) is 76.2 Å². The van der Waals surface area contributed by atoms with E-state index in [0.29, 0.717) is 17.5 Å². The van der Waals surface area contributed by atoms with Crippen LogP contribution >= 0.6 is 0 Å². The summed E-state index contributed by atoms with van der Waals surface area (Å²) in [6.07, 6.45) is 1.57. The third-order valence-corrected chi connectivity index (χ3v) is 4.15. The number of aromatic nitrogens is 2. The average Bonchev–Trinajstić information content (AvgIpc) is 2.68. The van der Waals surface area contributed by atoms with E-state index in [9.17, 15) is 14.4 Å². The van der Waals surface area contributed by atoms with E-state index in [1.807, 2.05) is 6.07 Å². The molecule has 0 aliphatic heterocycles. The summed E-state index contributed by atoms with van der Waals surface area (Å²) < 4.78 is 1.15. The molecule has 0 saturated heterocycles. The highest BCUT2D eigenvalue weighted by molar-refractivity contribution is 5.93. The lowest BCUT2D eigenvalue weighted by atomic mass is 10.1. The van der Waals surface area contributed by atoms with Gasteiger partial charge in [-0.25, -0.2) is 4.68 Å². The summed E-state index contributed by atoms with van der Waals surface area (Å²) in [7, 11) is 3.39. The van der Waals surface area contributed by atoms with Crippen LogP contribution in [0.2, 0.25) is 0 Å². The van der Waals surface area contributed by atoms with Crippen molar-refractivity contribution in [3.8, 4) is 0 Å². The molecule has 0 atom stereocenters. The van der Waals surface area contributed by atoms with Crippen molar-refractivity contribution < 1.29 is 9.59 Å². The second kappa shape index (κ2) is 7.82. The van der Waals surface area contributed by atoms with Gasteiger partial charge in [0.15, 0.2) is 0 Å². The van der Waals surface area contributed by atoms with Crippen LogP contribution in [0.3, 0.4) is 0 Å². The Hall–Kier alpha value is -3.48. The molecule has 3 rings (SSSR count). The Bertz CT molecular complexity index is 1040. The summed E-state index contributed by atoms with van der Waals surface area (Å²) in [6.45, 7) is 0.151. The van der Waals surface area contributed by atoms with E-state index < -0.39 is 0 Å². The van der Waals surface area contributed by atoms with Gasteiger partial charge >= 0.3 is 0 Å². The first-order valence-corrected chi connectivity index (χ1v) is 8.48. The van der Waals surface area contributed by atoms with Gasteiger partial charge in [0.2, 0.25) is 5.91 Å². The van der Waals surface area contributed by atoms with Gasteiger partial charge in [0, 0.05) is 31.6 Å². The average molecular weight is 364 g/mol. The van der Waals surface area contributed by atoms with Crippen LogP contribution in [0.4, 0.5) is 0 Å². The standard InChI is InChI=1S/C20H20N4O3/c1-23(2)19(26)15-9-7-14(8-10-15)11-21-18(25)13-24-20(27)17-6-4-3-5-16(17)12-22-24/h3-10,12H,11,13H2,1-2H3,(H,21,25). The fourth-order valence-corrected chi connectivity index (χ4v) is 2.66. The van der Waals surface area contributed by atoms with Gasteiger partial charge in [0.05, 0.1) is 11.6 Å². The number of carbonyl (C=O) groups excluding carboxylic acids is 2. The van der Waals surface area contributed by atoms with Crippen molar-refractivity contribution in [2.75, 3.05) is 14.1 Å². The molecule has 0 spiro atoms. The zero-order valence-electron chi connectivity index (χ0n) is 15.2. The maximum atomic E-state index is 12.4. The molecule has 7 heteroatoms. The first-order valence-electron chi connectivity index (χ1n) is 8.48. The predicted molar refractivity (Wildman–Crippen MR) is 102 cm³/mol. The minimum Gasteiger partial charge on any atom is -0.350 e. The minimum absolute atomic E-state index is 0.0765. The fourth-order valence-electron chi connectivity index (χ4n) is 2.66. The van der Waals surface area contributed by atoms with Gasteiger partial charge in [0.25, 0.3) is 11.5 Å². The lowest BCUT2D eigenvalue weighted by molar-refractivity contribution is -0.122. The molecule has 0 radical (unpaired) electrons. The molecule has 138 valence electrons. The first kappa shape index (κ1) is 18.3. The van der Waals surface area contributed by atoms with Crippen molar-refractivity contribution >= 4 is 22.6 Å². The summed E-state index contributed by atoms with van der Waals surface area (Å²) in [5.74, 6) is -0.388. The van der Waals surface area contributed by atoms with Gasteiger partial charge in [-0.05, 0) is 23.8 Å². The fraction of sp³-hybridized carbons (Fsp3) is 0.200. The molecule has 0 fully saturated rings. The molecular weight excluding hydrogens is 344 g/mol. The number of rotatable bonds is 5. The Morgan fingerprint density at radius 3 is 2.48 bits per heavy atom. The van der Waals surface area contributed by atoms with Crippen molar-refractivity contribution in [1.29, 1.82) is 0 Å². The molecule has 1 N–H and O–H groups in total. The van der Waals surface area contributed by atoms with E-state index in [2.05, 4.69) is 10.4 Å². The number of carbonyl (C=O) groups is 2. The van der Waals surface area contributed by atoms with Crippen LogP contribution in [0.5, 0.6) is 0 Å². The monoisotopic (exact) mass is 364 g/mol. The van der Waals surface area contributed by atoms with Gasteiger partial charge in [-0.2, -0.15) is 5.10 Å². The van der Waals surface area contributed by atoms with E-state index in [4.69, 9.17) is 0 Å². The van der Waals surface area contributed by atoms with Crippen molar-refractivity contribution in [3.63, 3.8) is 0 Å². The largest absolute Gasteiger partial charge is 0.350 e. The SMILES string of the molecule is CN(C)C(=O)c1ccc(CNC(=O)Cn2ncc3ccccc3c2=O)cc1. The van der Waals surface area contributed by atoms with Gasteiger partial charge in [-0.3, -0.25) is 14.4 Å². The topological polar surface area (TPSA) is 84.3 Å². The molecule has 1 heterocycles. The van der Waals surface area contributed by atoms with Crippen LogP contribution in [0.15, 0.2) is 59.5 Å². The van der Waals surface area contributed by atoms with Crippen LogP contribution in [0, 0.1) is 0 Å². The van der Waals surface area contributed by atoms with E-state index >= 15 is 0 Å². The highest BCUT2D eigenvalue weighted by Crippen LogP contribution is 2.07. The third-order valence-electron chi connectivity index (χ3n) is 4.15. The zero-order chi connectivity index (χ0) is 19.4. The number of benzene rings is 2. The second-order valence-electron chi connectivity index (χ2n) is 6.37. The van der Waals surface area contributed by atoms with E-state index in [0.717, 1.165) is 15.6 Å².